The Morgan fingerprint density at radius 2 is 2.29 bits per heavy atom. The lowest BCUT2D eigenvalue weighted by Gasteiger charge is -2.07. The Hall–Kier alpha value is -1.27. The summed E-state index contributed by atoms with van der Waals surface area (Å²) in [5.41, 5.74) is 2.20. The Labute approximate surface area is 88.3 Å². The van der Waals surface area contributed by atoms with Crippen molar-refractivity contribution in [2.24, 2.45) is 0 Å². The highest BCUT2D eigenvalue weighted by Crippen LogP contribution is 2.19. The van der Waals surface area contributed by atoms with E-state index in [-0.39, 0.29) is 0 Å². The van der Waals surface area contributed by atoms with Crippen LogP contribution in [0.2, 0.25) is 0 Å². The summed E-state index contributed by atoms with van der Waals surface area (Å²) in [6, 6.07) is 3.92. The van der Waals surface area contributed by atoms with Gasteiger partial charge in [0, 0.05) is 5.69 Å². The van der Waals surface area contributed by atoms with Crippen LogP contribution in [-0.4, -0.2) is 17.5 Å². The second-order valence-electron chi connectivity index (χ2n) is 2.91. The molecule has 14 heavy (non-hydrogen) atoms. The molecule has 0 aliphatic heterocycles. The van der Waals surface area contributed by atoms with Gasteiger partial charge in [-0.05, 0) is 25.5 Å². The zero-order valence-electron chi connectivity index (χ0n) is 8.17. The molecule has 0 saturated carbocycles. The highest BCUT2D eigenvalue weighted by Gasteiger charge is 2.08. The van der Waals surface area contributed by atoms with Gasteiger partial charge in [-0.25, -0.2) is 4.98 Å². The van der Waals surface area contributed by atoms with Crippen LogP contribution in [0.4, 0.5) is 0 Å². The van der Waals surface area contributed by atoms with Crippen LogP contribution in [0.3, 0.4) is 0 Å². The van der Waals surface area contributed by atoms with Crippen molar-refractivity contribution in [1.29, 1.82) is 5.26 Å². The maximum Gasteiger partial charge on any atom is 0.232 e. The fourth-order valence-electron chi connectivity index (χ4n) is 1.18. The van der Waals surface area contributed by atoms with Gasteiger partial charge < -0.3 is 4.74 Å². The van der Waals surface area contributed by atoms with E-state index in [0.717, 1.165) is 11.3 Å². The Morgan fingerprint density at radius 3 is 2.86 bits per heavy atom. The Balaban J connectivity index is 3.07. The van der Waals surface area contributed by atoms with Crippen molar-refractivity contribution in [1.82, 2.24) is 4.98 Å². The molecule has 0 aliphatic rings. The number of hydrogen-bond donors (Lipinski definition) is 0. The molecule has 0 radical (unpaired) electrons. The molecule has 0 unspecified atom stereocenters. The molecule has 1 rings (SSSR count). The van der Waals surface area contributed by atoms with E-state index >= 15 is 0 Å². The zero-order chi connectivity index (χ0) is 10.6. The predicted molar refractivity (Wildman–Crippen MR) is 54.6 cm³/mol. The number of nitrogens with zero attached hydrogens (tertiary/aromatic N) is 2. The molecular formula is C10H11ClN2O. The van der Waals surface area contributed by atoms with Crippen LogP contribution in [0.5, 0.6) is 5.88 Å². The number of ether oxygens (including phenoxy) is 1. The summed E-state index contributed by atoms with van der Waals surface area (Å²) < 4.78 is 5.27. The number of aryl methyl sites for hydroxylation is 2. The number of nitriles is 1. The number of alkyl halides is 1. The van der Waals surface area contributed by atoms with Crippen molar-refractivity contribution in [3.8, 4) is 11.9 Å². The quantitative estimate of drug-likeness (QED) is 0.719. The number of aromatic nitrogens is 1. The standard InChI is InChI=1S/C10H11ClN2O/c1-7-5-8(2)13-10(9(7)6-12)14-4-3-11/h5H,3-4H2,1-2H3. The molecule has 0 N–H and O–H groups in total. The SMILES string of the molecule is Cc1cc(C)c(C#N)c(OCCCl)n1. The molecule has 0 aliphatic carbocycles. The fraction of sp³-hybridized carbons (Fsp3) is 0.400. The lowest BCUT2D eigenvalue weighted by molar-refractivity contribution is 0.327. The molecule has 0 amide bonds. The first-order valence-corrected chi connectivity index (χ1v) is 4.79. The van der Waals surface area contributed by atoms with Gasteiger partial charge in [-0.15, -0.1) is 11.6 Å². The van der Waals surface area contributed by atoms with Crippen molar-refractivity contribution in [3.05, 3.63) is 22.9 Å². The topological polar surface area (TPSA) is 45.9 Å². The van der Waals surface area contributed by atoms with Gasteiger partial charge >= 0.3 is 0 Å². The van der Waals surface area contributed by atoms with Gasteiger partial charge in [-0.3, -0.25) is 0 Å². The first-order valence-electron chi connectivity index (χ1n) is 4.26. The summed E-state index contributed by atoms with van der Waals surface area (Å²) in [7, 11) is 0. The summed E-state index contributed by atoms with van der Waals surface area (Å²) in [5.74, 6) is 0.769. The van der Waals surface area contributed by atoms with E-state index in [1.54, 1.807) is 0 Å². The van der Waals surface area contributed by atoms with Gasteiger partial charge in [0.15, 0.2) is 0 Å². The molecule has 1 heterocycles. The molecule has 4 heteroatoms. The summed E-state index contributed by atoms with van der Waals surface area (Å²) in [5, 5.41) is 8.89. The maximum absolute atomic E-state index is 8.89. The minimum Gasteiger partial charge on any atom is -0.475 e. The van der Waals surface area contributed by atoms with Crippen LogP contribution in [0, 0.1) is 25.2 Å². The van der Waals surface area contributed by atoms with E-state index in [9.17, 15) is 0 Å². The number of halogens is 1. The second kappa shape index (κ2) is 4.83. The van der Waals surface area contributed by atoms with Gasteiger partial charge in [-0.1, -0.05) is 0 Å². The second-order valence-corrected chi connectivity index (χ2v) is 3.29. The molecule has 0 fully saturated rings. The van der Waals surface area contributed by atoms with Gasteiger partial charge in [0.25, 0.3) is 0 Å². The number of pyridine rings is 1. The first kappa shape index (κ1) is 10.8. The smallest absolute Gasteiger partial charge is 0.232 e. The zero-order valence-corrected chi connectivity index (χ0v) is 8.93. The molecule has 0 atom stereocenters. The predicted octanol–water partition coefficient (Wildman–Crippen LogP) is 2.19. The van der Waals surface area contributed by atoms with E-state index in [0.29, 0.717) is 23.9 Å². The Kier molecular flexibility index (Phi) is 3.73. The van der Waals surface area contributed by atoms with Crippen LogP contribution >= 0.6 is 11.6 Å². The molecule has 1 aromatic rings. The average molecular weight is 211 g/mol. The van der Waals surface area contributed by atoms with Crippen molar-refractivity contribution >= 4 is 11.6 Å². The highest BCUT2D eigenvalue weighted by molar-refractivity contribution is 6.18. The largest absolute Gasteiger partial charge is 0.475 e. The van der Waals surface area contributed by atoms with Crippen LogP contribution in [0.1, 0.15) is 16.8 Å². The molecule has 74 valence electrons. The van der Waals surface area contributed by atoms with E-state index < -0.39 is 0 Å². The van der Waals surface area contributed by atoms with Crippen molar-refractivity contribution in [2.45, 2.75) is 13.8 Å². The van der Waals surface area contributed by atoms with Crippen molar-refractivity contribution < 1.29 is 4.74 Å². The Morgan fingerprint density at radius 1 is 1.57 bits per heavy atom. The molecular weight excluding hydrogens is 200 g/mol. The third kappa shape index (κ3) is 2.36. The molecule has 0 aromatic carbocycles. The van der Waals surface area contributed by atoms with Gasteiger partial charge in [0.2, 0.25) is 5.88 Å². The highest BCUT2D eigenvalue weighted by atomic mass is 35.5. The van der Waals surface area contributed by atoms with Gasteiger partial charge in [-0.2, -0.15) is 5.26 Å². The normalized spacial score (nSPS) is 9.57. The molecule has 3 nitrogen and oxygen atoms in total. The maximum atomic E-state index is 8.89. The summed E-state index contributed by atoms with van der Waals surface area (Å²) in [6.07, 6.45) is 0. The summed E-state index contributed by atoms with van der Waals surface area (Å²) in [4.78, 5) is 4.14. The fourth-order valence-corrected chi connectivity index (χ4v) is 1.26. The van der Waals surface area contributed by atoms with Crippen molar-refractivity contribution in [2.75, 3.05) is 12.5 Å². The van der Waals surface area contributed by atoms with E-state index in [1.807, 2.05) is 19.9 Å². The van der Waals surface area contributed by atoms with E-state index in [4.69, 9.17) is 21.6 Å². The number of hydrogen-bond acceptors (Lipinski definition) is 3. The molecule has 0 spiro atoms. The van der Waals surface area contributed by atoms with Crippen LogP contribution in [-0.2, 0) is 0 Å². The average Bonchev–Trinajstić information content (AvgIpc) is 2.14. The lowest BCUT2D eigenvalue weighted by Crippen LogP contribution is -2.04. The third-order valence-electron chi connectivity index (χ3n) is 1.74. The van der Waals surface area contributed by atoms with Crippen LogP contribution < -0.4 is 4.74 Å². The summed E-state index contributed by atoms with van der Waals surface area (Å²) in [6.45, 7) is 4.09. The van der Waals surface area contributed by atoms with Crippen LogP contribution in [0.25, 0.3) is 0 Å². The van der Waals surface area contributed by atoms with Crippen molar-refractivity contribution in [3.63, 3.8) is 0 Å². The van der Waals surface area contributed by atoms with E-state index in [1.165, 1.54) is 0 Å². The number of rotatable bonds is 3. The van der Waals surface area contributed by atoms with Gasteiger partial charge in [0.05, 0.1) is 5.88 Å². The lowest BCUT2D eigenvalue weighted by atomic mass is 10.1. The minimum atomic E-state index is 0.367. The molecule has 0 saturated heterocycles. The van der Waals surface area contributed by atoms with E-state index in [2.05, 4.69) is 11.1 Å². The molecule has 1 aromatic heterocycles. The summed E-state index contributed by atoms with van der Waals surface area (Å²) >= 11 is 5.49. The molecule has 0 bridgehead atoms. The Bertz CT molecular complexity index is 371. The first-order chi connectivity index (χ1) is 6.69. The monoisotopic (exact) mass is 210 g/mol. The third-order valence-corrected chi connectivity index (χ3v) is 1.89. The van der Waals surface area contributed by atoms with Crippen LogP contribution in [0.15, 0.2) is 6.07 Å². The van der Waals surface area contributed by atoms with Gasteiger partial charge in [0.1, 0.15) is 18.2 Å². The minimum absolute atomic E-state index is 0.367.